The fourth-order valence-electron chi connectivity index (χ4n) is 1.82. The minimum absolute atomic E-state index is 0.0652. The van der Waals surface area contributed by atoms with E-state index in [9.17, 15) is 9.90 Å². The van der Waals surface area contributed by atoms with E-state index in [4.69, 9.17) is 10.00 Å². The number of carbonyl (C=O) groups is 1. The summed E-state index contributed by atoms with van der Waals surface area (Å²) < 4.78 is 4.92. The van der Waals surface area contributed by atoms with Crippen LogP contribution in [0.4, 0.5) is 0 Å². The van der Waals surface area contributed by atoms with Gasteiger partial charge in [0, 0.05) is 0 Å². The molecule has 0 spiro atoms. The molecule has 0 bridgehead atoms. The van der Waals surface area contributed by atoms with Gasteiger partial charge in [0.05, 0.1) is 18.8 Å². The molecule has 1 aliphatic carbocycles. The number of nitrogens with one attached hydrogen (secondary N) is 1. The van der Waals surface area contributed by atoms with Crippen molar-refractivity contribution in [2.45, 2.75) is 44.8 Å². The third-order valence-electron chi connectivity index (χ3n) is 2.78. The fraction of sp³-hybridized carbons (Fsp3) is 0.667. The van der Waals surface area contributed by atoms with E-state index in [-0.39, 0.29) is 11.6 Å². The van der Waals surface area contributed by atoms with Crippen molar-refractivity contribution in [3.63, 3.8) is 0 Å². The van der Waals surface area contributed by atoms with E-state index in [1.165, 1.54) is 0 Å². The first-order valence-electron chi connectivity index (χ1n) is 5.89. The molecule has 1 saturated carbocycles. The maximum absolute atomic E-state index is 11.7. The highest BCUT2D eigenvalue weighted by atomic mass is 16.5. The number of ether oxygens (including phenoxy) is 1. The number of rotatable bonds is 4. The Morgan fingerprint density at radius 3 is 2.88 bits per heavy atom. The molecule has 0 radical (unpaired) electrons. The number of hydrogen-bond donors (Lipinski definition) is 2. The Morgan fingerprint density at radius 1 is 1.59 bits per heavy atom. The zero-order chi connectivity index (χ0) is 12.7. The summed E-state index contributed by atoms with van der Waals surface area (Å²) in [6, 6.07) is 1.53. The van der Waals surface area contributed by atoms with Crippen molar-refractivity contribution in [2.24, 2.45) is 0 Å². The third kappa shape index (κ3) is 4.08. The Labute approximate surface area is 101 Å². The second-order valence-corrected chi connectivity index (χ2v) is 4.03. The normalized spacial score (nSPS) is 24.9. The maximum atomic E-state index is 11.7. The van der Waals surface area contributed by atoms with Gasteiger partial charge in [-0.3, -0.25) is 4.79 Å². The Kier molecular flexibility index (Phi) is 5.50. The van der Waals surface area contributed by atoms with Crippen molar-refractivity contribution in [3.8, 4) is 6.07 Å². The molecule has 94 valence electrons. The van der Waals surface area contributed by atoms with Crippen LogP contribution in [-0.4, -0.2) is 29.8 Å². The standard InChI is InChI=1S/C12H18N2O3/c1-2-17-8-9(7-13)12(16)14-10-5-3-4-6-11(10)15/h8,10-11,15H,2-6H2,1H3,(H,14,16)/b9-8-. The van der Waals surface area contributed by atoms with Crippen LogP contribution in [0.15, 0.2) is 11.8 Å². The summed E-state index contributed by atoms with van der Waals surface area (Å²) >= 11 is 0. The van der Waals surface area contributed by atoms with Crippen molar-refractivity contribution in [2.75, 3.05) is 6.61 Å². The maximum Gasteiger partial charge on any atom is 0.265 e. The predicted molar refractivity (Wildman–Crippen MR) is 61.7 cm³/mol. The lowest BCUT2D eigenvalue weighted by molar-refractivity contribution is -0.119. The molecule has 2 N–H and O–H groups in total. The number of aliphatic hydroxyl groups is 1. The third-order valence-corrected chi connectivity index (χ3v) is 2.78. The molecule has 2 atom stereocenters. The predicted octanol–water partition coefficient (Wildman–Crippen LogP) is 0.850. The van der Waals surface area contributed by atoms with Gasteiger partial charge < -0.3 is 15.2 Å². The number of nitriles is 1. The summed E-state index contributed by atoms with van der Waals surface area (Å²) in [6.45, 7) is 2.18. The van der Waals surface area contributed by atoms with Crippen LogP contribution in [-0.2, 0) is 9.53 Å². The van der Waals surface area contributed by atoms with E-state index in [1.807, 2.05) is 0 Å². The number of amides is 1. The van der Waals surface area contributed by atoms with Crippen LogP contribution in [0, 0.1) is 11.3 Å². The SMILES string of the molecule is CCO/C=C(/C#N)C(=O)NC1CCCCC1O. The molecule has 0 aliphatic heterocycles. The van der Waals surface area contributed by atoms with Crippen molar-refractivity contribution < 1.29 is 14.6 Å². The highest BCUT2D eigenvalue weighted by molar-refractivity contribution is 5.97. The Bertz CT molecular complexity index is 333. The zero-order valence-corrected chi connectivity index (χ0v) is 9.98. The second kappa shape index (κ2) is 6.92. The van der Waals surface area contributed by atoms with E-state index >= 15 is 0 Å². The summed E-state index contributed by atoms with van der Waals surface area (Å²) in [5, 5.41) is 21.2. The van der Waals surface area contributed by atoms with Crippen molar-refractivity contribution in [1.29, 1.82) is 5.26 Å². The second-order valence-electron chi connectivity index (χ2n) is 4.03. The molecule has 5 nitrogen and oxygen atoms in total. The number of nitrogens with zero attached hydrogens (tertiary/aromatic N) is 1. The van der Waals surface area contributed by atoms with Crippen LogP contribution in [0.1, 0.15) is 32.6 Å². The molecular weight excluding hydrogens is 220 g/mol. The van der Waals surface area contributed by atoms with Gasteiger partial charge in [0.15, 0.2) is 5.57 Å². The van der Waals surface area contributed by atoms with Crippen LogP contribution in [0.2, 0.25) is 0 Å². The molecule has 1 fully saturated rings. The van der Waals surface area contributed by atoms with Crippen LogP contribution < -0.4 is 5.32 Å². The van der Waals surface area contributed by atoms with Crippen molar-refractivity contribution >= 4 is 5.91 Å². The first-order valence-corrected chi connectivity index (χ1v) is 5.89. The van der Waals surface area contributed by atoms with Gasteiger partial charge in [-0.2, -0.15) is 5.26 Å². The molecule has 0 heterocycles. The zero-order valence-electron chi connectivity index (χ0n) is 9.98. The molecule has 0 saturated heterocycles. The fourth-order valence-corrected chi connectivity index (χ4v) is 1.82. The van der Waals surface area contributed by atoms with Crippen molar-refractivity contribution in [1.82, 2.24) is 5.32 Å². The van der Waals surface area contributed by atoms with E-state index in [2.05, 4.69) is 5.32 Å². The summed E-state index contributed by atoms with van der Waals surface area (Å²) in [4.78, 5) is 11.7. The van der Waals surface area contributed by atoms with Crippen LogP contribution in [0.5, 0.6) is 0 Å². The van der Waals surface area contributed by atoms with Gasteiger partial charge in [0.1, 0.15) is 12.3 Å². The highest BCUT2D eigenvalue weighted by Crippen LogP contribution is 2.18. The molecule has 5 heteroatoms. The Morgan fingerprint density at radius 2 is 2.29 bits per heavy atom. The van der Waals surface area contributed by atoms with Gasteiger partial charge >= 0.3 is 0 Å². The molecule has 0 aromatic carbocycles. The Hall–Kier alpha value is -1.54. The van der Waals surface area contributed by atoms with Gasteiger partial charge in [0.2, 0.25) is 0 Å². The van der Waals surface area contributed by atoms with Gasteiger partial charge in [-0.1, -0.05) is 12.8 Å². The lowest BCUT2D eigenvalue weighted by atomic mass is 9.92. The average Bonchev–Trinajstić information content (AvgIpc) is 2.33. The van der Waals surface area contributed by atoms with Crippen molar-refractivity contribution in [3.05, 3.63) is 11.8 Å². The van der Waals surface area contributed by atoms with E-state index < -0.39 is 12.0 Å². The van der Waals surface area contributed by atoms with E-state index in [0.717, 1.165) is 25.5 Å². The van der Waals surface area contributed by atoms with Gasteiger partial charge in [-0.05, 0) is 19.8 Å². The first kappa shape index (κ1) is 13.5. The van der Waals surface area contributed by atoms with Gasteiger partial charge in [-0.15, -0.1) is 0 Å². The summed E-state index contributed by atoms with van der Waals surface area (Å²) in [5.74, 6) is -0.480. The lowest BCUT2D eigenvalue weighted by Gasteiger charge is -2.28. The van der Waals surface area contributed by atoms with E-state index in [1.54, 1.807) is 13.0 Å². The summed E-state index contributed by atoms with van der Waals surface area (Å²) in [6.07, 6.45) is 4.05. The number of carbonyl (C=O) groups excluding carboxylic acids is 1. The molecule has 1 aliphatic rings. The highest BCUT2D eigenvalue weighted by Gasteiger charge is 2.25. The minimum atomic E-state index is -0.514. The van der Waals surface area contributed by atoms with Crippen LogP contribution in [0.3, 0.4) is 0 Å². The number of aliphatic hydroxyl groups excluding tert-OH is 1. The molecule has 2 unspecified atom stereocenters. The monoisotopic (exact) mass is 238 g/mol. The molecule has 1 rings (SSSR count). The topological polar surface area (TPSA) is 82.3 Å². The largest absolute Gasteiger partial charge is 0.500 e. The molecule has 1 amide bonds. The van der Waals surface area contributed by atoms with Gasteiger partial charge in [0.25, 0.3) is 5.91 Å². The molecule has 17 heavy (non-hydrogen) atoms. The Balaban J connectivity index is 2.55. The lowest BCUT2D eigenvalue weighted by Crippen LogP contribution is -2.45. The van der Waals surface area contributed by atoms with Crippen LogP contribution in [0.25, 0.3) is 0 Å². The molecule has 0 aromatic rings. The molecule has 0 aromatic heterocycles. The molecular formula is C12H18N2O3. The quantitative estimate of drug-likeness (QED) is 0.432. The van der Waals surface area contributed by atoms with Gasteiger partial charge in [-0.25, -0.2) is 0 Å². The summed E-state index contributed by atoms with van der Waals surface area (Å²) in [5.41, 5.74) is -0.0652. The minimum Gasteiger partial charge on any atom is -0.500 e. The van der Waals surface area contributed by atoms with Crippen LogP contribution >= 0.6 is 0 Å². The first-order chi connectivity index (χ1) is 8.19. The summed E-state index contributed by atoms with van der Waals surface area (Å²) in [7, 11) is 0. The van der Waals surface area contributed by atoms with E-state index in [0.29, 0.717) is 13.0 Å². The average molecular weight is 238 g/mol. The smallest absolute Gasteiger partial charge is 0.265 e. The number of hydrogen-bond acceptors (Lipinski definition) is 4.